The van der Waals surface area contributed by atoms with E-state index in [0.29, 0.717) is 5.56 Å². The largest absolute Gasteiger partial charge is 0.513 e. The fourth-order valence-corrected chi connectivity index (χ4v) is 2.54. The topological polar surface area (TPSA) is 147 Å². The summed E-state index contributed by atoms with van der Waals surface area (Å²) in [5.74, 6) is -1.60. The fraction of sp³-hybridized carbons (Fsp3) is 0.524. The molecule has 0 aliphatic heterocycles. The van der Waals surface area contributed by atoms with E-state index in [2.05, 4.69) is 14.8 Å². The molecule has 1 aromatic rings. The van der Waals surface area contributed by atoms with Crippen LogP contribution in [0.4, 0.5) is 9.59 Å². The number of nitrogens with one attached hydrogen (secondary N) is 1. The van der Waals surface area contributed by atoms with Crippen LogP contribution in [0.3, 0.4) is 0 Å². The highest BCUT2D eigenvalue weighted by atomic mass is 16.7. The number of ether oxygens (including phenoxy) is 5. The summed E-state index contributed by atoms with van der Waals surface area (Å²) in [6.07, 6.45) is -2.34. The molecule has 178 valence electrons. The molecule has 11 heteroatoms. The Morgan fingerprint density at radius 2 is 1.56 bits per heavy atom. The smallest absolute Gasteiger partial charge is 0.480 e. The molecule has 32 heavy (non-hydrogen) atoms. The first-order chi connectivity index (χ1) is 15.0. The van der Waals surface area contributed by atoms with Gasteiger partial charge in [-0.15, -0.1) is 0 Å². The Kier molecular flexibility index (Phi) is 11.0. The van der Waals surface area contributed by atoms with Gasteiger partial charge in [-0.25, -0.2) is 9.59 Å². The molecule has 2 N–H and O–H groups in total. The van der Waals surface area contributed by atoms with Crippen LogP contribution in [0.2, 0.25) is 0 Å². The lowest BCUT2D eigenvalue weighted by Gasteiger charge is -2.19. The standard InChI is InChI=1S/C21H29NO10/c1-12(2)8-18(23)30-13(3)11-22-15(19(24)25)9-14-6-7-16(31-20(26)28-4)17(10-14)32-21(27)29-5/h6-7,10,12-13,15,22H,8-9,11H2,1-5H3,(H,24,25)/t13?,15-/m0/s1. The summed E-state index contributed by atoms with van der Waals surface area (Å²) in [5, 5.41) is 12.4. The van der Waals surface area contributed by atoms with Gasteiger partial charge < -0.3 is 34.1 Å². The van der Waals surface area contributed by atoms with Crippen LogP contribution < -0.4 is 14.8 Å². The van der Waals surface area contributed by atoms with Gasteiger partial charge in [0.2, 0.25) is 0 Å². The van der Waals surface area contributed by atoms with Crippen LogP contribution in [-0.4, -0.2) is 62.3 Å². The quantitative estimate of drug-likeness (QED) is 0.288. The van der Waals surface area contributed by atoms with Gasteiger partial charge >= 0.3 is 24.2 Å². The van der Waals surface area contributed by atoms with Crippen molar-refractivity contribution in [1.82, 2.24) is 5.32 Å². The van der Waals surface area contributed by atoms with Crippen molar-refractivity contribution in [3.63, 3.8) is 0 Å². The van der Waals surface area contributed by atoms with Crippen molar-refractivity contribution < 1.29 is 48.0 Å². The highest BCUT2D eigenvalue weighted by Crippen LogP contribution is 2.30. The van der Waals surface area contributed by atoms with Crippen molar-refractivity contribution >= 4 is 24.2 Å². The molecule has 0 aliphatic rings. The molecule has 0 bridgehead atoms. The van der Waals surface area contributed by atoms with E-state index in [9.17, 15) is 24.3 Å². The Morgan fingerprint density at radius 3 is 2.09 bits per heavy atom. The van der Waals surface area contributed by atoms with Crippen LogP contribution in [0.25, 0.3) is 0 Å². The lowest BCUT2D eigenvalue weighted by Crippen LogP contribution is -2.42. The second-order valence-electron chi connectivity index (χ2n) is 7.30. The van der Waals surface area contributed by atoms with Gasteiger partial charge in [-0.1, -0.05) is 19.9 Å². The van der Waals surface area contributed by atoms with Crippen molar-refractivity contribution in [2.75, 3.05) is 20.8 Å². The minimum absolute atomic E-state index is 0.00195. The maximum absolute atomic E-state index is 11.8. The first kappa shape index (κ1) is 26.7. The first-order valence-electron chi connectivity index (χ1n) is 9.85. The minimum Gasteiger partial charge on any atom is -0.480 e. The lowest BCUT2D eigenvalue weighted by molar-refractivity contribution is -0.149. The van der Waals surface area contributed by atoms with Crippen molar-refractivity contribution in [3.05, 3.63) is 23.8 Å². The number of rotatable bonds is 11. The van der Waals surface area contributed by atoms with Crippen LogP contribution in [0.1, 0.15) is 32.8 Å². The monoisotopic (exact) mass is 455 g/mol. The molecular weight excluding hydrogens is 426 g/mol. The van der Waals surface area contributed by atoms with E-state index in [1.807, 2.05) is 13.8 Å². The summed E-state index contributed by atoms with van der Waals surface area (Å²) in [6.45, 7) is 5.57. The minimum atomic E-state index is -1.13. The Labute approximate surface area is 185 Å². The molecular formula is C21H29NO10. The summed E-state index contributed by atoms with van der Waals surface area (Å²) < 4.78 is 24.0. The van der Waals surface area contributed by atoms with E-state index < -0.39 is 30.4 Å². The average molecular weight is 455 g/mol. The number of methoxy groups -OCH3 is 2. The third kappa shape index (κ3) is 9.65. The van der Waals surface area contributed by atoms with Crippen molar-refractivity contribution in [1.29, 1.82) is 0 Å². The number of esters is 1. The number of aliphatic carboxylic acids is 1. The summed E-state index contributed by atoms with van der Waals surface area (Å²) in [7, 11) is 2.22. The molecule has 0 radical (unpaired) electrons. The zero-order valence-corrected chi connectivity index (χ0v) is 18.7. The summed E-state index contributed by atoms with van der Waals surface area (Å²) >= 11 is 0. The van der Waals surface area contributed by atoms with Gasteiger partial charge in [-0.2, -0.15) is 0 Å². The molecule has 0 aliphatic carbocycles. The number of carboxylic acids is 1. The van der Waals surface area contributed by atoms with Gasteiger partial charge in [0, 0.05) is 13.0 Å². The number of carboxylic acid groups (broad SMARTS) is 1. The number of hydrogen-bond donors (Lipinski definition) is 2. The Balaban J connectivity index is 2.88. The predicted molar refractivity (Wildman–Crippen MR) is 111 cm³/mol. The zero-order valence-electron chi connectivity index (χ0n) is 18.7. The van der Waals surface area contributed by atoms with Crippen LogP contribution in [0.5, 0.6) is 11.5 Å². The molecule has 1 unspecified atom stereocenters. The van der Waals surface area contributed by atoms with E-state index in [-0.39, 0.29) is 42.8 Å². The van der Waals surface area contributed by atoms with Gasteiger partial charge in [0.05, 0.1) is 14.2 Å². The van der Waals surface area contributed by atoms with Gasteiger partial charge in [0.1, 0.15) is 12.1 Å². The number of carbonyl (C=O) groups is 4. The molecule has 1 rings (SSSR count). The molecule has 0 spiro atoms. The van der Waals surface area contributed by atoms with E-state index in [1.54, 1.807) is 6.92 Å². The Morgan fingerprint density at radius 1 is 0.969 bits per heavy atom. The Bertz CT molecular complexity index is 808. The molecule has 2 atom stereocenters. The number of hydrogen-bond acceptors (Lipinski definition) is 10. The molecule has 11 nitrogen and oxygen atoms in total. The van der Waals surface area contributed by atoms with Gasteiger partial charge in [0.25, 0.3) is 0 Å². The SMILES string of the molecule is COC(=O)Oc1ccc(C[C@H](NCC(C)OC(=O)CC(C)C)C(=O)O)cc1OC(=O)OC. The first-order valence-corrected chi connectivity index (χ1v) is 9.85. The highest BCUT2D eigenvalue weighted by molar-refractivity contribution is 5.74. The molecule has 0 aromatic heterocycles. The lowest BCUT2D eigenvalue weighted by atomic mass is 10.0. The molecule has 0 amide bonds. The number of benzene rings is 1. The molecule has 0 saturated carbocycles. The van der Waals surface area contributed by atoms with Crippen molar-refractivity contribution in [2.45, 2.75) is 45.8 Å². The van der Waals surface area contributed by atoms with Gasteiger partial charge in [0.15, 0.2) is 11.5 Å². The van der Waals surface area contributed by atoms with Crippen molar-refractivity contribution in [3.8, 4) is 11.5 Å². The maximum Gasteiger partial charge on any atom is 0.513 e. The van der Waals surface area contributed by atoms with Crippen LogP contribution >= 0.6 is 0 Å². The molecule has 0 saturated heterocycles. The second-order valence-corrected chi connectivity index (χ2v) is 7.30. The van der Waals surface area contributed by atoms with Gasteiger partial charge in [-0.05, 0) is 37.0 Å². The predicted octanol–water partition coefficient (Wildman–Crippen LogP) is 2.54. The third-order valence-electron chi connectivity index (χ3n) is 4.03. The summed E-state index contributed by atoms with van der Waals surface area (Å²) in [6, 6.07) is 3.16. The molecule has 0 heterocycles. The summed E-state index contributed by atoms with van der Waals surface area (Å²) in [5.41, 5.74) is 0.463. The van der Waals surface area contributed by atoms with E-state index in [1.165, 1.54) is 18.2 Å². The molecule has 0 fully saturated rings. The van der Waals surface area contributed by atoms with Crippen LogP contribution in [-0.2, 0) is 30.2 Å². The zero-order chi connectivity index (χ0) is 24.3. The van der Waals surface area contributed by atoms with E-state index in [0.717, 1.165) is 14.2 Å². The third-order valence-corrected chi connectivity index (χ3v) is 4.03. The molecule has 1 aromatic carbocycles. The van der Waals surface area contributed by atoms with E-state index >= 15 is 0 Å². The van der Waals surface area contributed by atoms with Crippen molar-refractivity contribution in [2.24, 2.45) is 5.92 Å². The fourth-order valence-electron chi connectivity index (χ4n) is 2.54. The second kappa shape index (κ2) is 13.2. The Hall–Kier alpha value is -3.34. The normalized spacial score (nSPS) is 12.4. The maximum atomic E-state index is 11.8. The highest BCUT2D eigenvalue weighted by Gasteiger charge is 2.22. The summed E-state index contributed by atoms with van der Waals surface area (Å²) in [4.78, 5) is 46.3. The van der Waals surface area contributed by atoms with Crippen LogP contribution in [0.15, 0.2) is 18.2 Å². The van der Waals surface area contributed by atoms with Gasteiger partial charge in [-0.3, -0.25) is 9.59 Å². The van der Waals surface area contributed by atoms with Crippen LogP contribution in [0, 0.1) is 5.92 Å². The van der Waals surface area contributed by atoms with E-state index in [4.69, 9.17) is 14.2 Å². The average Bonchev–Trinajstić information content (AvgIpc) is 2.71. The number of carbonyl (C=O) groups excluding carboxylic acids is 3.